The van der Waals surface area contributed by atoms with Crippen molar-refractivity contribution in [2.75, 3.05) is 20.3 Å². The molecule has 74 valence electrons. The number of rotatable bonds is 6. The van der Waals surface area contributed by atoms with Gasteiger partial charge in [0.2, 0.25) is 0 Å². The Labute approximate surface area is 82.4 Å². The molecule has 4 heteroatoms. The van der Waals surface area contributed by atoms with E-state index in [0.717, 1.165) is 36.6 Å². The summed E-state index contributed by atoms with van der Waals surface area (Å²) in [5, 5.41) is 11.8. The fourth-order valence-corrected chi connectivity index (χ4v) is 1.84. The number of aliphatic hydroxyl groups excluding tert-OH is 1. The number of hydrogen-bond acceptors (Lipinski definition) is 4. The van der Waals surface area contributed by atoms with Gasteiger partial charge in [0, 0.05) is 25.5 Å². The highest BCUT2D eigenvalue weighted by Crippen LogP contribution is 2.11. The van der Waals surface area contributed by atoms with Crippen LogP contribution in [0.15, 0.2) is 5.38 Å². The SMILES string of the molecule is COCCc1nc(CCCO)cs1. The first kappa shape index (κ1) is 10.6. The van der Waals surface area contributed by atoms with Crippen LogP contribution >= 0.6 is 11.3 Å². The first-order chi connectivity index (χ1) is 6.36. The molecule has 0 aromatic carbocycles. The third-order valence-corrected chi connectivity index (χ3v) is 2.67. The molecule has 0 fully saturated rings. The third-order valence-electron chi connectivity index (χ3n) is 1.71. The molecule has 0 aliphatic carbocycles. The van der Waals surface area contributed by atoms with Crippen LogP contribution in [0, 0.1) is 0 Å². The van der Waals surface area contributed by atoms with E-state index in [1.165, 1.54) is 0 Å². The van der Waals surface area contributed by atoms with E-state index in [-0.39, 0.29) is 6.61 Å². The fraction of sp³-hybridized carbons (Fsp3) is 0.667. The predicted octanol–water partition coefficient (Wildman–Crippen LogP) is 1.26. The van der Waals surface area contributed by atoms with Crippen LogP contribution in [-0.4, -0.2) is 30.4 Å². The van der Waals surface area contributed by atoms with Crippen LogP contribution in [0.3, 0.4) is 0 Å². The Morgan fingerprint density at radius 1 is 1.54 bits per heavy atom. The Balaban J connectivity index is 2.34. The molecule has 0 unspecified atom stereocenters. The van der Waals surface area contributed by atoms with Crippen LogP contribution in [0.5, 0.6) is 0 Å². The topological polar surface area (TPSA) is 42.4 Å². The van der Waals surface area contributed by atoms with Gasteiger partial charge in [0.05, 0.1) is 17.3 Å². The maximum atomic E-state index is 8.63. The van der Waals surface area contributed by atoms with E-state index < -0.39 is 0 Å². The van der Waals surface area contributed by atoms with Crippen molar-refractivity contribution in [1.82, 2.24) is 4.98 Å². The van der Waals surface area contributed by atoms with E-state index in [2.05, 4.69) is 10.4 Å². The van der Waals surface area contributed by atoms with E-state index in [9.17, 15) is 0 Å². The highest BCUT2D eigenvalue weighted by atomic mass is 32.1. The van der Waals surface area contributed by atoms with Crippen LogP contribution in [-0.2, 0) is 17.6 Å². The lowest BCUT2D eigenvalue weighted by molar-refractivity contribution is 0.202. The van der Waals surface area contributed by atoms with Crippen molar-refractivity contribution in [2.24, 2.45) is 0 Å². The summed E-state index contributed by atoms with van der Waals surface area (Å²) >= 11 is 1.67. The summed E-state index contributed by atoms with van der Waals surface area (Å²) in [6, 6.07) is 0. The molecule has 0 saturated carbocycles. The van der Waals surface area contributed by atoms with Gasteiger partial charge in [0.1, 0.15) is 0 Å². The van der Waals surface area contributed by atoms with Crippen molar-refractivity contribution in [3.8, 4) is 0 Å². The van der Waals surface area contributed by atoms with E-state index in [4.69, 9.17) is 9.84 Å². The molecule has 3 nitrogen and oxygen atoms in total. The number of nitrogens with zero attached hydrogens (tertiary/aromatic N) is 1. The molecule has 1 N–H and O–H groups in total. The first-order valence-corrected chi connectivity index (χ1v) is 5.28. The number of aryl methyl sites for hydroxylation is 1. The van der Waals surface area contributed by atoms with Gasteiger partial charge in [-0.15, -0.1) is 11.3 Å². The average molecular weight is 201 g/mol. The average Bonchev–Trinajstić information content (AvgIpc) is 2.59. The zero-order valence-corrected chi connectivity index (χ0v) is 8.64. The largest absolute Gasteiger partial charge is 0.396 e. The second-order valence-corrected chi connectivity index (χ2v) is 3.75. The van der Waals surface area contributed by atoms with Gasteiger partial charge in [-0.05, 0) is 12.8 Å². The molecule has 1 rings (SSSR count). The molecule has 0 radical (unpaired) electrons. The summed E-state index contributed by atoms with van der Waals surface area (Å²) in [4.78, 5) is 4.41. The van der Waals surface area contributed by atoms with Crippen LogP contribution in [0.2, 0.25) is 0 Å². The quantitative estimate of drug-likeness (QED) is 0.753. The summed E-state index contributed by atoms with van der Waals surface area (Å²) < 4.78 is 4.96. The standard InChI is InChI=1S/C9H15NO2S/c1-12-6-4-9-10-8(7-13-9)3-2-5-11/h7,11H,2-6H2,1H3. The summed E-state index contributed by atoms with van der Waals surface area (Å²) in [5.74, 6) is 0. The van der Waals surface area contributed by atoms with Gasteiger partial charge in [-0.1, -0.05) is 0 Å². The Kier molecular flexibility index (Phi) is 4.97. The second-order valence-electron chi connectivity index (χ2n) is 2.80. The predicted molar refractivity (Wildman–Crippen MR) is 53.1 cm³/mol. The minimum absolute atomic E-state index is 0.241. The van der Waals surface area contributed by atoms with Gasteiger partial charge in [-0.25, -0.2) is 4.98 Å². The highest BCUT2D eigenvalue weighted by molar-refractivity contribution is 7.09. The van der Waals surface area contributed by atoms with E-state index in [1.54, 1.807) is 18.4 Å². The molecule has 0 aliphatic heterocycles. The highest BCUT2D eigenvalue weighted by Gasteiger charge is 2.00. The molecule has 13 heavy (non-hydrogen) atoms. The van der Waals surface area contributed by atoms with Gasteiger partial charge in [-0.3, -0.25) is 0 Å². The van der Waals surface area contributed by atoms with Gasteiger partial charge in [0.15, 0.2) is 0 Å². The van der Waals surface area contributed by atoms with Crippen LogP contribution in [0.1, 0.15) is 17.1 Å². The molecular formula is C9H15NO2S. The molecule has 0 spiro atoms. The monoisotopic (exact) mass is 201 g/mol. The van der Waals surface area contributed by atoms with Crippen LogP contribution in [0.4, 0.5) is 0 Å². The molecule has 0 saturated heterocycles. The lowest BCUT2D eigenvalue weighted by Gasteiger charge is -1.94. The summed E-state index contributed by atoms with van der Waals surface area (Å²) in [7, 11) is 1.69. The number of hydrogen-bond donors (Lipinski definition) is 1. The van der Waals surface area contributed by atoms with E-state index in [0.29, 0.717) is 0 Å². The first-order valence-electron chi connectivity index (χ1n) is 4.40. The van der Waals surface area contributed by atoms with Crippen LogP contribution < -0.4 is 0 Å². The van der Waals surface area contributed by atoms with Crippen LogP contribution in [0.25, 0.3) is 0 Å². The van der Waals surface area contributed by atoms with Crippen molar-refractivity contribution >= 4 is 11.3 Å². The minimum Gasteiger partial charge on any atom is -0.396 e. The van der Waals surface area contributed by atoms with Crippen molar-refractivity contribution in [1.29, 1.82) is 0 Å². The van der Waals surface area contributed by atoms with Gasteiger partial charge in [0.25, 0.3) is 0 Å². The Bertz CT molecular complexity index is 215. The van der Waals surface area contributed by atoms with Crippen molar-refractivity contribution in [2.45, 2.75) is 19.3 Å². The minimum atomic E-state index is 0.241. The van der Waals surface area contributed by atoms with Crippen molar-refractivity contribution in [3.63, 3.8) is 0 Å². The van der Waals surface area contributed by atoms with E-state index in [1.807, 2.05) is 0 Å². The molecule has 0 bridgehead atoms. The zero-order valence-electron chi connectivity index (χ0n) is 7.82. The Morgan fingerprint density at radius 3 is 3.08 bits per heavy atom. The second kappa shape index (κ2) is 6.07. The number of aliphatic hydroxyl groups is 1. The number of thiazole rings is 1. The Morgan fingerprint density at radius 2 is 2.38 bits per heavy atom. The lowest BCUT2D eigenvalue weighted by Crippen LogP contribution is -1.95. The van der Waals surface area contributed by atoms with Gasteiger partial charge < -0.3 is 9.84 Å². The third kappa shape index (κ3) is 3.85. The smallest absolute Gasteiger partial charge is 0.0951 e. The number of aromatic nitrogens is 1. The molecule has 1 heterocycles. The summed E-state index contributed by atoms with van der Waals surface area (Å²) in [6.45, 7) is 0.970. The van der Waals surface area contributed by atoms with Crippen molar-refractivity contribution in [3.05, 3.63) is 16.1 Å². The number of methoxy groups -OCH3 is 1. The molecular weight excluding hydrogens is 186 g/mol. The normalized spacial score (nSPS) is 10.6. The molecule has 0 atom stereocenters. The van der Waals surface area contributed by atoms with Crippen molar-refractivity contribution < 1.29 is 9.84 Å². The van der Waals surface area contributed by atoms with E-state index >= 15 is 0 Å². The maximum absolute atomic E-state index is 8.63. The summed E-state index contributed by atoms with van der Waals surface area (Å²) in [6.07, 6.45) is 2.56. The summed E-state index contributed by atoms with van der Waals surface area (Å²) in [5.41, 5.74) is 1.09. The van der Waals surface area contributed by atoms with Gasteiger partial charge >= 0.3 is 0 Å². The zero-order chi connectivity index (χ0) is 9.52. The number of ether oxygens (including phenoxy) is 1. The molecule has 1 aromatic heterocycles. The fourth-order valence-electron chi connectivity index (χ4n) is 1.03. The molecule has 1 aromatic rings. The molecule has 0 amide bonds. The van der Waals surface area contributed by atoms with Gasteiger partial charge in [-0.2, -0.15) is 0 Å². The molecule has 0 aliphatic rings. The Hall–Kier alpha value is -0.450. The maximum Gasteiger partial charge on any atom is 0.0951 e. The lowest BCUT2D eigenvalue weighted by atomic mass is 10.3.